The van der Waals surface area contributed by atoms with Gasteiger partial charge in [-0.3, -0.25) is 10.00 Å². The predicted octanol–water partition coefficient (Wildman–Crippen LogP) is 3.31. The fraction of sp³-hybridized carbons (Fsp3) is 0.348. The lowest BCUT2D eigenvalue weighted by Gasteiger charge is -2.18. The van der Waals surface area contributed by atoms with Crippen molar-refractivity contribution in [3.05, 3.63) is 77.4 Å². The number of ether oxygens (including phenoxy) is 2. The molecule has 30 heavy (non-hydrogen) atoms. The number of aliphatic hydroxyl groups is 1. The number of nitrogens with zero attached hydrogens (tertiary/aromatic N) is 2. The summed E-state index contributed by atoms with van der Waals surface area (Å²) in [6.07, 6.45) is 1.77. The zero-order valence-corrected chi connectivity index (χ0v) is 16.9. The van der Waals surface area contributed by atoms with E-state index in [9.17, 15) is 4.39 Å². The molecule has 0 amide bonds. The van der Waals surface area contributed by atoms with Crippen LogP contribution >= 0.6 is 0 Å². The summed E-state index contributed by atoms with van der Waals surface area (Å²) < 4.78 is 24.4. The molecule has 2 atom stereocenters. The largest absolute Gasteiger partial charge is 0.493 e. The van der Waals surface area contributed by atoms with Crippen molar-refractivity contribution >= 4 is 0 Å². The number of halogens is 1. The van der Waals surface area contributed by atoms with Crippen LogP contribution in [-0.4, -0.2) is 53.6 Å². The Balaban J connectivity index is 1.53. The number of hydrogen-bond donors (Lipinski definition) is 2. The number of benzene rings is 2. The van der Waals surface area contributed by atoms with Crippen molar-refractivity contribution in [1.29, 1.82) is 0 Å². The first-order valence-electron chi connectivity index (χ1n) is 10.1. The molecule has 6 nitrogen and oxygen atoms in total. The van der Waals surface area contributed by atoms with Crippen molar-refractivity contribution < 1.29 is 19.0 Å². The Kier molecular flexibility index (Phi) is 6.30. The zero-order chi connectivity index (χ0) is 20.9. The average Bonchev–Trinajstić information content (AvgIpc) is 3.43. The Hall–Kier alpha value is -2.90. The topological polar surface area (TPSA) is 70.6 Å². The molecule has 2 N–H and O–H groups in total. The van der Waals surface area contributed by atoms with Gasteiger partial charge in [0.15, 0.2) is 11.5 Å². The van der Waals surface area contributed by atoms with Crippen LogP contribution in [0.25, 0.3) is 0 Å². The third-order valence-corrected chi connectivity index (χ3v) is 5.60. The van der Waals surface area contributed by atoms with E-state index in [1.54, 1.807) is 13.3 Å². The minimum atomic E-state index is -0.220. The summed E-state index contributed by atoms with van der Waals surface area (Å²) in [5, 5.41) is 16.2. The van der Waals surface area contributed by atoms with Gasteiger partial charge in [0.05, 0.1) is 13.7 Å². The highest BCUT2D eigenvalue weighted by Crippen LogP contribution is 2.40. The molecule has 2 aromatic carbocycles. The molecule has 3 aromatic rings. The van der Waals surface area contributed by atoms with Crippen LogP contribution in [0.1, 0.15) is 28.7 Å². The van der Waals surface area contributed by atoms with Crippen LogP contribution in [0.2, 0.25) is 0 Å². The van der Waals surface area contributed by atoms with Gasteiger partial charge in [-0.1, -0.05) is 18.2 Å². The molecule has 0 saturated carbocycles. The van der Waals surface area contributed by atoms with Crippen molar-refractivity contribution in [2.75, 3.05) is 33.4 Å². The van der Waals surface area contributed by atoms with E-state index < -0.39 is 0 Å². The highest BCUT2D eigenvalue weighted by atomic mass is 19.1. The van der Waals surface area contributed by atoms with E-state index in [-0.39, 0.29) is 30.9 Å². The van der Waals surface area contributed by atoms with Crippen LogP contribution in [-0.2, 0) is 6.54 Å². The normalized spacial score (nSPS) is 19.2. The standard InChI is InChI=1S/C23H26FN3O3/c1-29-23-12-16(2-7-22(23)30-11-10-28)13-27-14-19(17-3-5-18(24)6-4-17)20(15-27)21-8-9-25-26-21/h2-9,12,19-20,28H,10-11,13-15H2,1H3,(H,25,26)/t19-,20+/m0/s1. The number of methoxy groups -OCH3 is 1. The number of aliphatic hydroxyl groups excluding tert-OH is 1. The predicted molar refractivity (Wildman–Crippen MR) is 111 cm³/mol. The highest BCUT2D eigenvalue weighted by Gasteiger charge is 2.35. The van der Waals surface area contributed by atoms with Crippen LogP contribution < -0.4 is 9.47 Å². The fourth-order valence-corrected chi connectivity index (χ4v) is 4.19. The molecule has 4 rings (SSSR count). The van der Waals surface area contributed by atoms with Gasteiger partial charge in [0, 0.05) is 43.4 Å². The lowest BCUT2D eigenvalue weighted by Crippen LogP contribution is -2.20. The second kappa shape index (κ2) is 9.28. The van der Waals surface area contributed by atoms with E-state index in [2.05, 4.69) is 15.1 Å². The van der Waals surface area contributed by atoms with Gasteiger partial charge in [0.2, 0.25) is 0 Å². The first kappa shape index (κ1) is 20.4. The maximum absolute atomic E-state index is 13.4. The Morgan fingerprint density at radius 1 is 1.10 bits per heavy atom. The second-order valence-corrected chi connectivity index (χ2v) is 7.53. The molecule has 2 heterocycles. The van der Waals surface area contributed by atoms with Crippen molar-refractivity contribution in [3.8, 4) is 11.5 Å². The molecule has 1 aliphatic rings. The second-order valence-electron chi connectivity index (χ2n) is 7.53. The van der Waals surface area contributed by atoms with Gasteiger partial charge in [-0.2, -0.15) is 5.10 Å². The third-order valence-electron chi connectivity index (χ3n) is 5.60. The van der Waals surface area contributed by atoms with Crippen molar-refractivity contribution in [3.63, 3.8) is 0 Å². The molecular formula is C23H26FN3O3. The number of hydrogen-bond acceptors (Lipinski definition) is 5. The number of rotatable bonds is 8. The van der Waals surface area contributed by atoms with Gasteiger partial charge < -0.3 is 14.6 Å². The highest BCUT2D eigenvalue weighted by molar-refractivity contribution is 5.43. The summed E-state index contributed by atoms with van der Waals surface area (Å²) >= 11 is 0. The molecule has 0 aliphatic carbocycles. The summed E-state index contributed by atoms with van der Waals surface area (Å²) in [6, 6.07) is 14.7. The van der Waals surface area contributed by atoms with Gasteiger partial charge in [0.1, 0.15) is 12.4 Å². The lowest BCUT2D eigenvalue weighted by atomic mass is 9.87. The molecule has 7 heteroatoms. The summed E-state index contributed by atoms with van der Waals surface area (Å²) in [4.78, 5) is 2.39. The van der Waals surface area contributed by atoms with E-state index in [0.717, 1.165) is 36.5 Å². The Morgan fingerprint density at radius 3 is 2.60 bits per heavy atom. The molecule has 1 aliphatic heterocycles. The lowest BCUT2D eigenvalue weighted by molar-refractivity contribution is 0.196. The monoisotopic (exact) mass is 411 g/mol. The fourth-order valence-electron chi connectivity index (χ4n) is 4.19. The molecule has 1 aromatic heterocycles. The first-order valence-corrected chi connectivity index (χ1v) is 10.1. The molecule has 1 fully saturated rings. The molecule has 1 saturated heterocycles. The molecule has 0 bridgehead atoms. The van der Waals surface area contributed by atoms with E-state index in [1.165, 1.54) is 12.1 Å². The van der Waals surface area contributed by atoms with Crippen molar-refractivity contribution in [1.82, 2.24) is 15.1 Å². The minimum Gasteiger partial charge on any atom is -0.493 e. The van der Waals surface area contributed by atoms with Crippen LogP contribution in [0.3, 0.4) is 0 Å². The molecule has 0 unspecified atom stereocenters. The summed E-state index contributed by atoms with van der Waals surface area (Å²) in [5.41, 5.74) is 3.34. The van der Waals surface area contributed by atoms with Crippen molar-refractivity contribution in [2.24, 2.45) is 0 Å². The summed E-state index contributed by atoms with van der Waals surface area (Å²) in [6.45, 7) is 2.68. The minimum absolute atomic E-state index is 0.0432. The van der Waals surface area contributed by atoms with Crippen LogP contribution in [0.5, 0.6) is 11.5 Å². The molecule has 0 spiro atoms. The van der Waals surface area contributed by atoms with E-state index in [0.29, 0.717) is 11.5 Å². The maximum Gasteiger partial charge on any atom is 0.161 e. The third kappa shape index (κ3) is 4.47. The SMILES string of the molecule is COc1cc(CN2C[C@@H](c3ccc(F)cc3)[C@H](c3ccn[nH]3)C2)ccc1OCCO. The van der Waals surface area contributed by atoms with E-state index in [1.807, 2.05) is 36.4 Å². The van der Waals surface area contributed by atoms with Crippen molar-refractivity contribution in [2.45, 2.75) is 18.4 Å². The number of likely N-dealkylation sites (tertiary alicyclic amines) is 1. The van der Waals surface area contributed by atoms with Gasteiger partial charge in [0.25, 0.3) is 0 Å². The zero-order valence-electron chi connectivity index (χ0n) is 16.9. The Labute approximate surface area is 175 Å². The van der Waals surface area contributed by atoms with Crippen LogP contribution in [0.15, 0.2) is 54.7 Å². The number of aromatic nitrogens is 2. The van der Waals surface area contributed by atoms with Crippen LogP contribution in [0, 0.1) is 5.82 Å². The summed E-state index contributed by atoms with van der Waals surface area (Å²) in [5.74, 6) is 1.56. The quantitative estimate of drug-likeness (QED) is 0.595. The Bertz CT molecular complexity index is 947. The summed E-state index contributed by atoms with van der Waals surface area (Å²) in [7, 11) is 1.61. The van der Waals surface area contributed by atoms with E-state index >= 15 is 0 Å². The molecule has 158 valence electrons. The molecular weight excluding hydrogens is 385 g/mol. The van der Waals surface area contributed by atoms with E-state index in [4.69, 9.17) is 14.6 Å². The Morgan fingerprint density at radius 2 is 1.90 bits per heavy atom. The number of H-pyrrole nitrogens is 1. The van der Waals surface area contributed by atoms with Gasteiger partial charge in [-0.15, -0.1) is 0 Å². The first-order chi connectivity index (χ1) is 14.7. The smallest absolute Gasteiger partial charge is 0.161 e. The number of nitrogens with one attached hydrogen (secondary N) is 1. The van der Waals surface area contributed by atoms with Gasteiger partial charge in [-0.05, 0) is 41.5 Å². The molecule has 0 radical (unpaired) electrons. The van der Waals surface area contributed by atoms with Gasteiger partial charge in [-0.25, -0.2) is 4.39 Å². The van der Waals surface area contributed by atoms with Gasteiger partial charge >= 0.3 is 0 Å². The maximum atomic E-state index is 13.4. The number of aromatic amines is 1. The average molecular weight is 411 g/mol. The van der Waals surface area contributed by atoms with Crippen LogP contribution in [0.4, 0.5) is 4.39 Å².